The summed E-state index contributed by atoms with van der Waals surface area (Å²) in [5, 5.41) is 4.20. The van der Waals surface area contributed by atoms with Gasteiger partial charge >= 0.3 is 6.09 Å². The summed E-state index contributed by atoms with van der Waals surface area (Å²) in [7, 11) is 1.51. The number of carbonyl (C=O) groups excluding carboxylic acids is 1. The number of benzene rings is 1. The molecule has 0 radical (unpaired) electrons. The zero-order valence-corrected chi connectivity index (χ0v) is 17.3. The predicted molar refractivity (Wildman–Crippen MR) is 111 cm³/mol. The maximum Gasteiger partial charge on any atom is 0.416 e. The number of ether oxygens (including phenoxy) is 2. The highest BCUT2D eigenvalue weighted by Gasteiger charge is 2.27. The number of H-pyrrole nitrogens is 1. The molecule has 30 heavy (non-hydrogen) atoms. The quantitative estimate of drug-likeness (QED) is 0.633. The van der Waals surface area contributed by atoms with Crippen LogP contribution >= 0.6 is 11.6 Å². The van der Waals surface area contributed by atoms with Crippen LogP contribution in [0, 0.1) is 6.92 Å². The Morgan fingerprint density at radius 2 is 2.10 bits per heavy atom. The second-order valence-corrected chi connectivity index (χ2v) is 7.12. The molecular formula is C19H19ClN6O4. The number of pyridine rings is 1. The molecule has 2 N–H and O–H groups in total. The van der Waals surface area contributed by atoms with Crippen LogP contribution in [-0.2, 0) is 4.74 Å². The number of nitrogens with zero attached hydrogens (tertiary/aromatic N) is 4. The van der Waals surface area contributed by atoms with Crippen LogP contribution in [-0.4, -0.2) is 46.3 Å². The molecule has 3 aromatic rings. The molecular weight excluding hydrogens is 412 g/mol. The van der Waals surface area contributed by atoms with Gasteiger partial charge in [0, 0.05) is 10.9 Å². The number of hydrogen-bond acceptors (Lipinski definition) is 8. The Morgan fingerprint density at radius 3 is 2.80 bits per heavy atom. The monoisotopic (exact) mass is 430 g/mol. The van der Waals surface area contributed by atoms with Gasteiger partial charge in [0.05, 0.1) is 25.2 Å². The highest BCUT2D eigenvalue weighted by molar-refractivity contribution is 6.36. The molecule has 1 atom stereocenters. The summed E-state index contributed by atoms with van der Waals surface area (Å²) in [6.07, 6.45) is -0.502. The number of rotatable bonds is 5. The third kappa shape index (κ3) is 3.61. The number of cyclic esters (lactones) is 1. The molecule has 2 aromatic heterocycles. The molecule has 1 fully saturated rings. The summed E-state index contributed by atoms with van der Waals surface area (Å²) < 4.78 is 10.1. The Morgan fingerprint density at radius 1 is 1.30 bits per heavy atom. The minimum absolute atomic E-state index is 0.200. The van der Waals surface area contributed by atoms with Crippen molar-refractivity contribution in [2.45, 2.75) is 19.9 Å². The van der Waals surface area contributed by atoms with Crippen LogP contribution < -0.4 is 20.5 Å². The van der Waals surface area contributed by atoms with Crippen LogP contribution in [0.15, 0.2) is 23.0 Å². The first-order valence-electron chi connectivity index (χ1n) is 9.20. The molecule has 1 amide bonds. The Labute approximate surface area is 176 Å². The van der Waals surface area contributed by atoms with E-state index in [-0.39, 0.29) is 24.1 Å². The third-order valence-corrected chi connectivity index (χ3v) is 5.10. The van der Waals surface area contributed by atoms with Crippen molar-refractivity contribution in [2.75, 3.05) is 30.5 Å². The highest BCUT2D eigenvalue weighted by atomic mass is 35.5. The molecule has 0 saturated carbocycles. The van der Waals surface area contributed by atoms with Gasteiger partial charge in [-0.1, -0.05) is 11.6 Å². The number of amides is 1. The topological polar surface area (TPSA) is 122 Å². The summed E-state index contributed by atoms with van der Waals surface area (Å²) in [5.74, 6) is 1.36. The van der Waals surface area contributed by atoms with Crippen molar-refractivity contribution in [1.82, 2.24) is 19.9 Å². The largest absolute Gasteiger partial charge is 0.495 e. The Kier molecular flexibility index (Phi) is 5.17. The van der Waals surface area contributed by atoms with Crippen molar-refractivity contribution >= 4 is 40.5 Å². The van der Waals surface area contributed by atoms with Gasteiger partial charge in [0.2, 0.25) is 11.9 Å². The van der Waals surface area contributed by atoms with Gasteiger partial charge in [0.25, 0.3) is 5.56 Å². The first kappa shape index (κ1) is 19.9. The summed E-state index contributed by atoms with van der Waals surface area (Å²) in [6, 6.07) is 4.88. The fourth-order valence-corrected chi connectivity index (χ4v) is 3.51. The number of halogens is 1. The first-order valence-corrected chi connectivity index (χ1v) is 9.58. The summed E-state index contributed by atoms with van der Waals surface area (Å²) in [4.78, 5) is 41.4. The lowest BCUT2D eigenvalue weighted by atomic mass is 10.1. The molecule has 0 bridgehead atoms. The number of nitrogens with one attached hydrogen (secondary N) is 2. The van der Waals surface area contributed by atoms with Crippen molar-refractivity contribution in [2.24, 2.45) is 0 Å². The second kappa shape index (κ2) is 7.79. The lowest BCUT2D eigenvalue weighted by molar-refractivity contribution is 0.181. The average molecular weight is 431 g/mol. The number of aryl methyl sites for hydroxylation is 1. The SMILES string of the molecule is COc1ccc2cc([C@H](C)Nc3nc(C)nc(N4CCOC4=O)n3)c(=O)[nH]c2c1Cl. The van der Waals surface area contributed by atoms with Crippen LogP contribution in [0.4, 0.5) is 16.7 Å². The number of hydrogen-bond donors (Lipinski definition) is 2. The van der Waals surface area contributed by atoms with Crippen LogP contribution in [0.1, 0.15) is 24.4 Å². The minimum atomic E-state index is -0.502. The van der Waals surface area contributed by atoms with E-state index in [9.17, 15) is 9.59 Å². The Hall–Kier alpha value is -3.40. The lowest BCUT2D eigenvalue weighted by Crippen LogP contribution is -2.27. The number of aromatic nitrogens is 4. The van der Waals surface area contributed by atoms with Crippen LogP contribution in [0.25, 0.3) is 10.9 Å². The van der Waals surface area contributed by atoms with E-state index in [2.05, 4.69) is 25.3 Å². The number of methoxy groups -OCH3 is 1. The van der Waals surface area contributed by atoms with E-state index >= 15 is 0 Å². The zero-order valence-electron chi connectivity index (χ0n) is 16.5. The summed E-state index contributed by atoms with van der Waals surface area (Å²) in [6.45, 7) is 4.15. The Balaban J connectivity index is 1.65. The first-order chi connectivity index (χ1) is 14.4. The highest BCUT2D eigenvalue weighted by Crippen LogP contribution is 2.31. The van der Waals surface area contributed by atoms with E-state index in [0.717, 1.165) is 5.39 Å². The molecule has 1 aromatic carbocycles. The van der Waals surface area contributed by atoms with Crippen molar-refractivity contribution in [3.63, 3.8) is 0 Å². The van der Waals surface area contributed by atoms with Gasteiger partial charge in [-0.2, -0.15) is 15.0 Å². The molecule has 1 aliphatic heterocycles. The van der Waals surface area contributed by atoms with Crippen LogP contribution in [0.5, 0.6) is 5.75 Å². The van der Waals surface area contributed by atoms with Gasteiger partial charge in [0.1, 0.15) is 23.2 Å². The lowest BCUT2D eigenvalue weighted by Gasteiger charge is -2.17. The van der Waals surface area contributed by atoms with Crippen molar-refractivity contribution in [1.29, 1.82) is 0 Å². The maximum atomic E-state index is 12.7. The Bertz CT molecular complexity index is 1200. The van der Waals surface area contributed by atoms with Gasteiger partial charge in [-0.05, 0) is 32.0 Å². The maximum absolute atomic E-state index is 12.7. The van der Waals surface area contributed by atoms with E-state index in [4.69, 9.17) is 21.1 Å². The second-order valence-electron chi connectivity index (χ2n) is 6.74. The molecule has 11 heteroatoms. The fraction of sp³-hybridized carbons (Fsp3) is 0.316. The number of fused-ring (bicyclic) bond motifs is 1. The minimum Gasteiger partial charge on any atom is -0.495 e. The van der Waals surface area contributed by atoms with Gasteiger partial charge in [-0.15, -0.1) is 0 Å². The van der Waals surface area contributed by atoms with Crippen LogP contribution in [0.3, 0.4) is 0 Å². The molecule has 1 aliphatic rings. The van der Waals surface area contributed by atoms with Gasteiger partial charge in [-0.25, -0.2) is 9.69 Å². The van der Waals surface area contributed by atoms with Crippen LogP contribution in [0.2, 0.25) is 5.02 Å². The van der Waals surface area contributed by atoms with E-state index in [1.165, 1.54) is 12.0 Å². The smallest absolute Gasteiger partial charge is 0.416 e. The molecule has 3 heterocycles. The molecule has 1 saturated heterocycles. The van der Waals surface area contributed by atoms with Crippen molar-refractivity contribution in [3.05, 3.63) is 45.0 Å². The van der Waals surface area contributed by atoms with Gasteiger partial charge in [-0.3, -0.25) is 4.79 Å². The van der Waals surface area contributed by atoms with Gasteiger partial charge in [0.15, 0.2) is 0 Å². The van der Waals surface area contributed by atoms with Gasteiger partial charge < -0.3 is 19.8 Å². The molecule has 4 rings (SSSR count). The number of aromatic amines is 1. The summed E-state index contributed by atoms with van der Waals surface area (Å²) in [5.41, 5.74) is 0.679. The third-order valence-electron chi connectivity index (χ3n) is 4.72. The average Bonchev–Trinajstić information content (AvgIpc) is 3.14. The van der Waals surface area contributed by atoms with E-state index < -0.39 is 12.1 Å². The molecule has 0 unspecified atom stereocenters. The fourth-order valence-electron chi connectivity index (χ4n) is 3.22. The molecule has 0 spiro atoms. The normalized spacial score (nSPS) is 14.7. The molecule has 0 aliphatic carbocycles. The van der Waals surface area contributed by atoms with E-state index in [0.29, 0.717) is 34.2 Å². The number of anilines is 2. The van der Waals surface area contributed by atoms with E-state index in [1.807, 2.05) is 13.0 Å². The summed E-state index contributed by atoms with van der Waals surface area (Å²) >= 11 is 6.30. The molecule has 10 nitrogen and oxygen atoms in total. The van der Waals surface area contributed by atoms with E-state index in [1.54, 1.807) is 19.1 Å². The van der Waals surface area contributed by atoms with Crippen molar-refractivity contribution in [3.8, 4) is 5.75 Å². The standard InChI is InChI=1S/C19H19ClN6O4/c1-9(12-8-11-4-5-13(29-3)14(20)15(11)24-16(12)27)21-17-22-10(2)23-18(25-17)26-6-7-30-19(26)28/h4-5,8-9H,6-7H2,1-3H3,(H,24,27)(H,21,22,23,25)/t9-/m0/s1. The zero-order chi connectivity index (χ0) is 21.4. The molecule has 156 valence electrons. The number of carbonyl (C=O) groups is 1. The van der Waals surface area contributed by atoms with Crippen molar-refractivity contribution < 1.29 is 14.3 Å². The predicted octanol–water partition coefficient (Wildman–Crippen LogP) is 2.81.